The average molecular weight is 437 g/mol. The molecule has 1 heterocycles. The van der Waals surface area contributed by atoms with Crippen LogP contribution in [0.5, 0.6) is 5.75 Å². The van der Waals surface area contributed by atoms with Gasteiger partial charge < -0.3 is 19.7 Å². The lowest BCUT2D eigenvalue weighted by molar-refractivity contribution is -0.134. The Hall–Kier alpha value is -2.86. The Morgan fingerprint density at radius 1 is 1.19 bits per heavy atom. The van der Waals surface area contributed by atoms with Crippen molar-refractivity contribution in [2.45, 2.75) is 45.3 Å². The van der Waals surface area contributed by atoms with Crippen LogP contribution in [0.1, 0.15) is 48.1 Å². The van der Waals surface area contributed by atoms with Crippen LogP contribution in [0.25, 0.3) is 0 Å². The molecule has 1 aliphatic carbocycles. The standard InChI is InChI=1S/C26H32N2O4/c1-17-5-4-6-21(15-17)24-23-16-22(32-18(2)25(29)27-12-14-31-3)10-9-19(23)11-13-28(24)26(30)20-7-8-20/h4-6,9-10,15-16,18,20,24H,7-8,11-14H2,1-3H3,(H,27,29)/t18-,24+/m1/s1. The Labute approximate surface area is 189 Å². The molecule has 2 aliphatic rings. The number of carbonyl (C=O) groups excluding carboxylic acids is 2. The molecule has 2 aromatic rings. The van der Waals surface area contributed by atoms with Gasteiger partial charge in [0.15, 0.2) is 6.10 Å². The fraction of sp³-hybridized carbons (Fsp3) is 0.462. The Kier molecular flexibility index (Phi) is 6.80. The van der Waals surface area contributed by atoms with Crippen LogP contribution in [0.2, 0.25) is 0 Å². The molecule has 2 aromatic carbocycles. The van der Waals surface area contributed by atoms with Crippen molar-refractivity contribution in [2.24, 2.45) is 5.92 Å². The lowest BCUT2D eigenvalue weighted by Crippen LogP contribution is -2.41. The second-order valence-electron chi connectivity index (χ2n) is 8.78. The second kappa shape index (κ2) is 9.74. The van der Waals surface area contributed by atoms with E-state index in [1.54, 1.807) is 14.0 Å². The topological polar surface area (TPSA) is 67.9 Å². The number of carbonyl (C=O) groups is 2. The Bertz CT molecular complexity index is 986. The molecule has 2 amide bonds. The Balaban J connectivity index is 1.61. The van der Waals surface area contributed by atoms with E-state index in [9.17, 15) is 9.59 Å². The van der Waals surface area contributed by atoms with Gasteiger partial charge in [0.1, 0.15) is 5.75 Å². The molecule has 0 unspecified atom stereocenters. The third-order valence-corrected chi connectivity index (χ3v) is 6.20. The molecular formula is C26H32N2O4. The summed E-state index contributed by atoms with van der Waals surface area (Å²) >= 11 is 0. The van der Waals surface area contributed by atoms with Crippen LogP contribution >= 0.6 is 0 Å². The maximum Gasteiger partial charge on any atom is 0.260 e. The molecule has 6 nitrogen and oxygen atoms in total. The zero-order valence-corrected chi connectivity index (χ0v) is 19.1. The van der Waals surface area contributed by atoms with Crippen molar-refractivity contribution >= 4 is 11.8 Å². The highest BCUT2D eigenvalue weighted by Crippen LogP contribution is 2.41. The number of nitrogens with zero attached hydrogens (tertiary/aromatic N) is 1. The van der Waals surface area contributed by atoms with Gasteiger partial charge in [-0.05, 0) is 61.9 Å². The summed E-state index contributed by atoms with van der Waals surface area (Å²) in [6.07, 6.45) is 2.17. The summed E-state index contributed by atoms with van der Waals surface area (Å²) in [6.45, 7) is 5.44. The normalized spacial score (nSPS) is 18.6. The minimum Gasteiger partial charge on any atom is -0.481 e. The van der Waals surface area contributed by atoms with Gasteiger partial charge in [0.2, 0.25) is 5.91 Å². The Morgan fingerprint density at radius 3 is 2.72 bits per heavy atom. The number of aryl methyl sites for hydroxylation is 1. The van der Waals surface area contributed by atoms with E-state index >= 15 is 0 Å². The van der Waals surface area contributed by atoms with Crippen LogP contribution in [0.15, 0.2) is 42.5 Å². The highest BCUT2D eigenvalue weighted by Gasteiger charge is 2.39. The van der Waals surface area contributed by atoms with Gasteiger partial charge in [-0.15, -0.1) is 0 Å². The fourth-order valence-corrected chi connectivity index (χ4v) is 4.35. The minimum absolute atomic E-state index is 0.138. The van der Waals surface area contributed by atoms with Gasteiger partial charge in [0.05, 0.1) is 12.6 Å². The summed E-state index contributed by atoms with van der Waals surface area (Å²) in [6, 6.07) is 14.2. The highest BCUT2D eigenvalue weighted by atomic mass is 16.5. The number of benzene rings is 2. The number of hydrogen-bond acceptors (Lipinski definition) is 4. The van der Waals surface area contributed by atoms with Gasteiger partial charge in [-0.2, -0.15) is 0 Å². The van der Waals surface area contributed by atoms with Gasteiger partial charge in [-0.1, -0.05) is 35.9 Å². The number of ether oxygens (including phenoxy) is 2. The lowest BCUT2D eigenvalue weighted by Gasteiger charge is -2.38. The number of hydrogen-bond donors (Lipinski definition) is 1. The molecule has 1 aliphatic heterocycles. The van der Waals surface area contributed by atoms with E-state index in [2.05, 4.69) is 36.5 Å². The largest absolute Gasteiger partial charge is 0.481 e. The van der Waals surface area contributed by atoms with Crippen LogP contribution in [0, 0.1) is 12.8 Å². The maximum absolute atomic E-state index is 13.1. The van der Waals surface area contributed by atoms with Gasteiger partial charge in [0.25, 0.3) is 5.91 Å². The van der Waals surface area contributed by atoms with Gasteiger partial charge in [-0.3, -0.25) is 9.59 Å². The van der Waals surface area contributed by atoms with Crippen LogP contribution in [0.3, 0.4) is 0 Å². The molecule has 0 aromatic heterocycles. The van der Waals surface area contributed by atoms with Gasteiger partial charge in [0, 0.05) is 26.1 Å². The van der Waals surface area contributed by atoms with E-state index in [0.29, 0.717) is 18.9 Å². The molecule has 0 spiro atoms. The number of amides is 2. The number of nitrogens with one attached hydrogen (secondary N) is 1. The number of methoxy groups -OCH3 is 1. The smallest absolute Gasteiger partial charge is 0.260 e. The summed E-state index contributed by atoms with van der Waals surface area (Å²) in [7, 11) is 1.60. The van der Waals surface area contributed by atoms with E-state index in [0.717, 1.165) is 36.9 Å². The lowest BCUT2D eigenvalue weighted by atomic mass is 9.87. The molecule has 1 saturated carbocycles. The number of fused-ring (bicyclic) bond motifs is 1. The quantitative estimate of drug-likeness (QED) is 0.644. The van der Waals surface area contributed by atoms with E-state index in [4.69, 9.17) is 9.47 Å². The maximum atomic E-state index is 13.1. The number of rotatable bonds is 8. The first-order valence-corrected chi connectivity index (χ1v) is 11.4. The van der Waals surface area contributed by atoms with E-state index in [1.165, 1.54) is 11.1 Å². The third-order valence-electron chi connectivity index (χ3n) is 6.20. The van der Waals surface area contributed by atoms with Gasteiger partial charge in [-0.25, -0.2) is 0 Å². The van der Waals surface area contributed by atoms with Gasteiger partial charge >= 0.3 is 0 Å². The first kappa shape index (κ1) is 22.3. The van der Waals surface area contributed by atoms with E-state index in [-0.39, 0.29) is 23.8 Å². The molecule has 0 saturated heterocycles. The predicted molar refractivity (Wildman–Crippen MR) is 123 cm³/mol. The summed E-state index contributed by atoms with van der Waals surface area (Å²) in [4.78, 5) is 27.5. The SMILES string of the molecule is COCCNC(=O)[C@@H](C)Oc1ccc2c(c1)[C@H](c1cccc(C)c1)N(C(=O)C1CC1)CC2. The van der Waals surface area contributed by atoms with Crippen molar-refractivity contribution in [3.63, 3.8) is 0 Å². The molecule has 0 radical (unpaired) electrons. The summed E-state index contributed by atoms with van der Waals surface area (Å²) in [5.41, 5.74) is 4.59. The van der Waals surface area contributed by atoms with Crippen LogP contribution in [0.4, 0.5) is 0 Å². The third kappa shape index (κ3) is 4.96. The summed E-state index contributed by atoms with van der Waals surface area (Å²) < 4.78 is 11.0. The molecule has 170 valence electrons. The van der Waals surface area contributed by atoms with E-state index < -0.39 is 6.10 Å². The zero-order valence-electron chi connectivity index (χ0n) is 19.1. The van der Waals surface area contributed by atoms with Crippen molar-refractivity contribution in [2.75, 3.05) is 26.8 Å². The van der Waals surface area contributed by atoms with Crippen LogP contribution < -0.4 is 10.1 Å². The average Bonchev–Trinajstić information content (AvgIpc) is 3.63. The Morgan fingerprint density at radius 2 is 2.00 bits per heavy atom. The van der Waals surface area contributed by atoms with Crippen molar-refractivity contribution < 1.29 is 19.1 Å². The van der Waals surface area contributed by atoms with Crippen molar-refractivity contribution in [1.82, 2.24) is 10.2 Å². The first-order valence-electron chi connectivity index (χ1n) is 11.4. The summed E-state index contributed by atoms with van der Waals surface area (Å²) in [5, 5.41) is 2.81. The molecule has 6 heteroatoms. The summed E-state index contributed by atoms with van der Waals surface area (Å²) in [5.74, 6) is 0.871. The molecule has 1 fully saturated rings. The van der Waals surface area contributed by atoms with E-state index in [1.807, 2.05) is 23.1 Å². The zero-order chi connectivity index (χ0) is 22.7. The predicted octanol–water partition coefficient (Wildman–Crippen LogP) is 3.41. The molecule has 32 heavy (non-hydrogen) atoms. The second-order valence-corrected chi connectivity index (χ2v) is 8.78. The minimum atomic E-state index is -0.630. The molecular weight excluding hydrogens is 404 g/mol. The van der Waals surface area contributed by atoms with Crippen molar-refractivity contribution in [3.8, 4) is 5.75 Å². The highest BCUT2D eigenvalue weighted by molar-refractivity contribution is 5.82. The van der Waals surface area contributed by atoms with Crippen molar-refractivity contribution in [3.05, 3.63) is 64.7 Å². The monoisotopic (exact) mass is 436 g/mol. The van der Waals surface area contributed by atoms with Crippen molar-refractivity contribution in [1.29, 1.82) is 0 Å². The fourth-order valence-electron chi connectivity index (χ4n) is 4.35. The van der Waals surface area contributed by atoms with Crippen LogP contribution in [-0.2, 0) is 20.7 Å². The van der Waals surface area contributed by atoms with Crippen LogP contribution in [-0.4, -0.2) is 49.6 Å². The molecule has 4 rings (SSSR count). The first-order chi connectivity index (χ1) is 15.5. The molecule has 2 atom stereocenters. The molecule has 0 bridgehead atoms. The molecule has 1 N–H and O–H groups in total.